The second-order valence-electron chi connectivity index (χ2n) is 8.33. The molecule has 0 saturated carbocycles. The molecule has 3 aromatic rings. The van der Waals surface area contributed by atoms with Crippen LogP contribution in [0, 0.1) is 18.8 Å². The van der Waals surface area contributed by atoms with Gasteiger partial charge in [-0.3, -0.25) is 19.3 Å². The molecule has 1 fully saturated rings. The van der Waals surface area contributed by atoms with Crippen LogP contribution in [-0.2, 0) is 25.7 Å². The zero-order valence-electron chi connectivity index (χ0n) is 18.9. The molecule has 0 spiro atoms. The van der Waals surface area contributed by atoms with Crippen molar-refractivity contribution in [3.8, 4) is 11.4 Å². The van der Waals surface area contributed by atoms with E-state index in [0.717, 1.165) is 11.1 Å². The normalized spacial score (nSPS) is 18.4. The zero-order chi connectivity index (χ0) is 23.7. The summed E-state index contributed by atoms with van der Waals surface area (Å²) in [6, 6.07) is 13.6. The summed E-state index contributed by atoms with van der Waals surface area (Å²) in [5.74, 6) is -2.26. The fourth-order valence-corrected chi connectivity index (χ4v) is 4.21. The lowest BCUT2D eigenvalue weighted by molar-refractivity contribution is -0.139. The molecule has 2 heterocycles. The molecule has 8 heteroatoms. The van der Waals surface area contributed by atoms with Crippen molar-refractivity contribution in [2.24, 2.45) is 11.8 Å². The molecule has 0 aliphatic carbocycles. The Morgan fingerprint density at radius 2 is 1.82 bits per heavy atom. The lowest BCUT2D eigenvalue weighted by Gasteiger charge is -2.29. The summed E-state index contributed by atoms with van der Waals surface area (Å²) >= 11 is 0. The van der Waals surface area contributed by atoms with Crippen LogP contribution in [0.3, 0.4) is 0 Å². The molecular weight excluding hydrogens is 422 g/mol. The molecule has 170 valence electrons. The molecule has 1 aliphatic heterocycles. The fraction of sp³-hybridized carbons (Fsp3) is 0.320. The first-order valence-electron chi connectivity index (χ1n) is 10.7. The van der Waals surface area contributed by atoms with Gasteiger partial charge in [0.15, 0.2) is 0 Å². The van der Waals surface area contributed by atoms with E-state index in [-0.39, 0.29) is 5.78 Å². The Kier molecular flexibility index (Phi) is 6.20. The predicted molar refractivity (Wildman–Crippen MR) is 120 cm³/mol. The maximum Gasteiger partial charge on any atom is 0.295 e. The quantitative estimate of drug-likeness (QED) is 0.402. The van der Waals surface area contributed by atoms with E-state index in [4.69, 9.17) is 9.26 Å². The Labute approximate surface area is 191 Å². The van der Waals surface area contributed by atoms with Gasteiger partial charge in [0.2, 0.25) is 17.5 Å². The van der Waals surface area contributed by atoms with Gasteiger partial charge >= 0.3 is 0 Å². The van der Waals surface area contributed by atoms with Crippen LogP contribution in [0.2, 0.25) is 0 Å². The standard InChI is InChI=1S/C25H25N3O5/c1-14(2)22(29)20-21(19-8-6-5-7-17(19)13-32-4)28(25(31)23(20)30)18-11-9-16(10-12-18)24-26-15(3)33-27-24/h5-12,14,20-21H,13H2,1-4H3. The number of hydrogen-bond acceptors (Lipinski definition) is 7. The first-order chi connectivity index (χ1) is 15.8. The number of methoxy groups -OCH3 is 1. The molecule has 4 rings (SSSR count). The van der Waals surface area contributed by atoms with Crippen molar-refractivity contribution in [1.82, 2.24) is 10.1 Å². The van der Waals surface area contributed by atoms with Gasteiger partial charge in [-0.05, 0) is 35.4 Å². The van der Waals surface area contributed by atoms with E-state index < -0.39 is 29.6 Å². The Hall–Kier alpha value is -3.65. The number of Topliss-reactive ketones (excluding diaryl/α,β-unsaturated/α-hetero) is 2. The van der Waals surface area contributed by atoms with E-state index in [1.165, 1.54) is 4.90 Å². The molecule has 2 aromatic carbocycles. The number of benzene rings is 2. The number of hydrogen-bond donors (Lipinski definition) is 0. The first kappa shape index (κ1) is 22.5. The molecule has 0 N–H and O–H groups in total. The van der Waals surface area contributed by atoms with Crippen LogP contribution in [0.15, 0.2) is 53.1 Å². The molecule has 2 atom stereocenters. The smallest absolute Gasteiger partial charge is 0.295 e. The highest BCUT2D eigenvalue weighted by atomic mass is 16.5. The summed E-state index contributed by atoms with van der Waals surface area (Å²) in [5.41, 5.74) is 2.75. The third-order valence-corrected chi connectivity index (χ3v) is 5.79. The average Bonchev–Trinajstić information content (AvgIpc) is 3.35. The van der Waals surface area contributed by atoms with Crippen LogP contribution in [0.1, 0.15) is 36.9 Å². The highest BCUT2D eigenvalue weighted by molar-refractivity contribution is 6.48. The van der Waals surface area contributed by atoms with Crippen molar-refractivity contribution in [2.75, 3.05) is 12.0 Å². The molecule has 1 amide bonds. The van der Waals surface area contributed by atoms with Crippen molar-refractivity contribution >= 4 is 23.2 Å². The third kappa shape index (κ3) is 4.09. The average molecular weight is 447 g/mol. The number of nitrogens with zero attached hydrogens (tertiary/aromatic N) is 3. The highest BCUT2D eigenvalue weighted by Gasteiger charge is 2.52. The fourth-order valence-electron chi connectivity index (χ4n) is 4.21. The van der Waals surface area contributed by atoms with Crippen molar-refractivity contribution < 1.29 is 23.6 Å². The summed E-state index contributed by atoms with van der Waals surface area (Å²) in [6.07, 6.45) is 0. The highest BCUT2D eigenvalue weighted by Crippen LogP contribution is 2.42. The van der Waals surface area contributed by atoms with E-state index in [0.29, 0.717) is 29.6 Å². The minimum atomic E-state index is -1.09. The van der Waals surface area contributed by atoms with E-state index in [1.54, 1.807) is 52.1 Å². The van der Waals surface area contributed by atoms with Gasteiger partial charge in [-0.25, -0.2) is 0 Å². The lowest BCUT2D eigenvalue weighted by Crippen LogP contribution is -2.32. The van der Waals surface area contributed by atoms with Gasteiger partial charge < -0.3 is 9.26 Å². The molecule has 1 aromatic heterocycles. The lowest BCUT2D eigenvalue weighted by atomic mass is 9.83. The molecule has 0 bridgehead atoms. The van der Waals surface area contributed by atoms with Crippen molar-refractivity contribution in [3.05, 3.63) is 65.5 Å². The van der Waals surface area contributed by atoms with E-state index in [2.05, 4.69) is 10.1 Å². The molecule has 2 unspecified atom stereocenters. The SMILES string of the molecule is COCc1ccccc1C1C(C(=O)C(C)C)C(=O)C(=O)N1c1ccc(-c2noc(C)n2)cc1. The van der Waals surface area contributed by atoms with Crippen LogP contribution in [-0.4, -0.2) is 34.7 Å². The van der Waals surface area contributed by atoms with Gasteiger partial charge in [0.25, 0.3) is 5.91 Å². The molecular formula is C25H25N3O5. The van der Waals surface area contributed by atoms with Gasteiger partial charge in [-0.15, -0.1) is 0 Å². The summed E-state index contributed by atoms with van der Waals surface area (Å²) in [7, 11) is 1.58. The van der Waals surface area contributed by atoms with Gasteiger partial charge in [-0.1, -0.05) is 43.3 Å². The van der Waals surface area contributed by atoms with E-state index in [9.17, 15) is 14.4 Å². The molecule has 1 aliphatic rings. The van der Waals surface area contributed by atoms with Crippen LogP contribution in [0.4, 0.5) is 5.69 Å². The minimum Gasteiger partial charge on any atom is -0.380 e. The van der Waals surface area contributed by atoms with E-state index >= 15 is 0 Å². The number of amides is 1. The number of carbonyl (C=O) groups excluding carboxylic acids is 3. The molecule has 8 nitrogen and oxygen atoms in total. The monoisotopic (exact) mass is 447 g/mol. The summed E-state index contributed by atoms with van der Waals surface area (Å²) in [6.45, 7) is 5.47. The maximum atomic E-state index is 13.2. The number of carbonyl (C=O) groups is 3. The molecule has 33 heavy (non-hydrogen) atoms. The summed E-state index contributed by atoms with van der Waals surface area (Å²) < 4.78 is 10.4. The number of ether oxygens (including phenoxy) is 1. The summed E-state index contributed by atoms with van der Waals surface area (Å²) in [4.78, 5) is 45.1. The molecule has 0 radical (unpaired) electrons. The number of ketones is 2. The predicted octanol–water partition coefficient (Wildman–Crippen LogP) is 3.69. The molecule has 1 saturated heterocycles. The Bertz CT molecular complexity index is 1200. The van der Waals surface area contributed by atoms with Gasteiger partial charge in [0.1, 0.15) is 11.7 Å². The van der Waals surface area contributed by atoms with Crippen LogP contribution in [0.25, 0.3) is 11.4 Å². The largest absolute Gasteiger partial charge is 0.380 e. The number of anilines is 1. The van der Waals surface area contributed by atoms with E-state index in [1.807, 2.05) is 24.3 Å². The maximum absolute atomic E-state index is 13.2. The Morgan fingerprint density at radius 1 is 1.12 bits per heavy atom. The van der Waals surface area contributed by atoms with Crippen LogP contribution in [0.5, 0.6) is 0 Å². The minimum absolute atomic E-state index is 0.257. The van der Waals surface area contributed by atoms with Gasteiger partial charge in [-0.2, -0.15) is 4.98 Å². The van der Waals surface area contributed by atoms with Crippen molar-refractivity contribution in [2.45, 2.75) is 33.4 Å². The topological polar surface area (TPSA) is 103 Å². The first-order valence-corrected chi connectivity index (χ1v) is 10.7. The third-order valence-electron chi connectivity index (χ3n) is 5.79. The van der Waals surface area contributed by atoms with Gasteiger partial charge in [0, 0.05) is 31.2 Å². The Morgan fingerprint density at radius 3 is 2.42 bits per heavy atom. The second kappa shape index (κ2) is 9.07. The van der Waals surface area contributed by atoms with Crippen LogP contribution >= 0.6 is 0 Å². The Balaban J connectivity index is 1.82. The summed E-state index contributed by atoms with van der Waals surface area (Å²) in [5, 5.41) is 3.91. The number of rotatable bonds is 7. The van der Waals surface area contributed by atoms with Crippen LogP contribution < -0.4 is 4.90 Å². The van der Waals surface area contributed by atoms with Gasteiger partial charge in [0.05, 0.1) is 12.6 Å². The number of aryl methyl sites for hydroxylation is 1. The number of aromatic nitrogens is 2. The van der Waals surface area contributed by atoms with Crippen molar-refractivity contribution in [3.63, 3.8) is 0 Å². The van der Waals surface area contributed by atoms with Crippen molar-refractivity contribution in [1.29, 1.82) is 0 Å². The zero-order valence-corrected chi connectivity index (χ0v) is 18.9. The second-order valence-corrected chi connectivity index (χ2v) is 8.33.